The molecule has 1 aromatic heterocycles. The summed E-state index contributed by atoms with van der Waals surface area (Å²) in [6.45, 7) is 2.24. The van der Waals surface area contributed by atoms with Gasteiger partial charge in [-0.3, -0.25) is 4.72 Å². The van der Waals surface area contributed by atoms with E-state index in [1.165, 1.54) is 0 Å². The first-order chi connectivity index (χ1) is 17.3. The van der Waals surface area contributed by atoms with E-state index in [-0.39, 0.29) is 18.0 Å². The lowest BCUT2D eigenvalue weighted by atomic mass is 10.0. The van der Waals surface area contributed by atoms with Crippen LogP contribution in [0.4, 0.5) is 5.69 Å². The number of carboxylic acids is 1. The first kappa shape index (κ1) is 24.3. The monoisotopic (exact) mass is 508 g/mol. The van der Waals surface area contributed by atoms with E-state index in [0.717, 1.165) is 32.8 Å². The number of hydrogen-bond acceptors (Lipinski definition) is 6. The predicted octanol–water partition coefficient (Wildman–Crippen LogP) is 2.73. The normalized spacial score (nSPS) is 16.4. The number of aromatic nitrogens is 1. The van der Waals surface area contributed by atoms with E-state index < -0.39 is 22.1 Å². The van der Waals surface area contributed by atoms with E-state index in [9.17, 15) is 18.3 Å². The first-order valence-electron chi connectivity index (χ1n) is 11.7. The zero-order valence-corrected chi connectivity index (χ0v) is 20.4. The van der Waals surface area contributed by atoms with E-state index in [2.05, 4.69) is 10.0 Å². The number of nitrogens with two attached hydrogens (primary N) is 1. The topological polar surface area (TPSA) is 136 Å². The maximum absolute atomic E-state index is 12.9. The Morgan fingerprint density at radius 1 is 1.14 bits per heavy atom. The van der Waals surface area contributed by atoms with Crippen molar-refractivity contribution in [1.82, 2.24) is 9.88 Å². The molecule has 4 aromatic rings. The average molecular weight is 509 g/mol. The van der Waals surface area contributed by atoms with Crippen LogP contribution >= 0.6 is 0 Å². The van der Waals surface area contributed by atoms with Crippen molar-refractivity contribution < 1.29 is 23.1 Å². The van der Waals surface area contributed by atoms with Gasteiger partial charge in [0.05, 0.1) is 18.5 Å². The number of aromatic carboxylic acids is 1. The van der Waals surface area contributed by atoms with Gasteiger partial charge >= 0.3 is 5.97 Å². The number of rotatable bonds is 8. The molecule has 1 aliphatic heterocycles. The van der Waals surface area contributed by atoms with Crippen LogP contribution in [0.1, 0.15) is 21.6 Å². The van der Waals surface area contributed by atoms with Gasteiger partial charge in [-0.1, -0.05) is 36.4 Å². The Balaban J connectivity index is 1.55. The van der Waals surface area contributed by atoms with Gasteiger partial charge in [0.25, 0.3) is 0 Å². The SMILES string of the molecule is NCc1ccc2cc(C(=O)O)n(Cc3cc(NS(=O)(=O)CC4CNCCO4)cc4ccccc34)c2c1. The zero-order valence-electron chi connectivity index (χ0n) is 19.6. The molecule has 36 heavy (non-hydrogen) atoms. The summed E-state index contributed by atoms with van der Waals surface area (Å²) in [6.07, 6.45) is -0.419. The molecule has 188 valence electrons. The Kier molecular flexibility index (Phi) is 6.67. The lowest BCUT2D eigenvalue weighted by Crippen LogP contribution is -2.43. The number of ether oxygens (including phenoxy) is 1. The first-order valence-corrected chi connectivity index (χ1v) is 13.4. The van der Waals surface area contributed by atoms with E-state index in [4.69, 9.17) is 10.5 Å². The van der Waals surface area contributed by atoms with Crippen molar-refractivity contribution in [2.75, 3.05) is 30.2 Å². The van der Waals surface area contributed by atoms with Crippen LogP contribution in [0.5, 0.6) is 0 Å². The Morgan fingerprint density at radius 3 is 2.72 bits per heavy atom. The number of morpholine rings is 1. The smallest absolute Gasteiger partial charge is 0.352 e. The average Bonchev–Trinajstić information content (AvgIpc) is 3.22. The van der Waals surface area contributed by atoms with Gasteiger partial charge in [-0.15, -0.1) is 0 Å². The number of sulfonamides is 1. The number of fused-ring (bicyclic) bond motifs is 2. The molecular formula is C26H28N4O5S. The summed E-state index contributed by atoms with van der Waals surface area (Å²) in [6, 6.07) is 18.5. The summed E-state index contributed by atoms with van der Waals surface area (Å²) in [5, 5.41) is 15.6. The van der Waals surface area contributed by atoms with Gasteiger partial charge in [0, 0.05) is 42.8 Å². The molecule has 0 aliphatic carbocycles. The minimum atomic E-state index is -3.68. The maximum Gasteiger partial charge on any atom is 0.352 e. The van der Waals surface area contributed by atoms with Gasteiger partial charge in [-0.05, 0) is 46.2 Å². The van der Waals surface area contributed by atoms with Crippen molar-refractivity contribution in [3.8, 4) is 0 Å². The number of anilines is 1. The lowest BCUT2D eigenvalue weighted by molar-refractivity contribution is 0.0431. The minimum absolute atomic E-state index is 0.149. The van der Waals surface area contributed by atoms with Crippen molar-refractivity contribution >= 4 is 43.4 Å². The molecule has 2 heterocycles. The molecule has 0 radical (unpaired) electrons. The van der Waals surface area contributed by atoms with Gasteiger partial charge < -0.3 is 25.5 Å². The maximum atomic E-state index is 12.9. The molecule has 0 spiro atoms. The summed E-state index contributed by atoms with van der Waals surface area (Å²) >= 11 is 0. The molecule has 0 saturated carbocycles. The molecule has 5 N–H and O–H groups in total. The third-order valence-corrected chi connectivity index (χ3v) is 7.74. The molecule has 1 unspecified atom stereocenters. The van der Waals surface area contributed by atoms with Gasteiger partial charge in [0.15, 0.2) is 0 Å². The predicted molar refractivity (Wildman–Crippen MR) is 140 cm³/mol. The number of carbonyl (C=O) groups is 1. The van der Waals surface area contributed by atoms with Crippen LogP contribution in [0, 0.1) is 0 Å². The fourth-order valence-electron chi connectivity index (χ4n) is 4.72. The molecule has 0 bridgehead atoms. The van der Waals surface area contributed by atoms with E-state index >= 15 is 0 Å². The van der Waals surface area contributed by atoms with E-state index in [0.29, 0.717) is 31.9 Å². The van der Waals surface area contributed by atoms with Crippen LogP contribution in [-0.4, -0.2) is 55.6 Å². The summed E-state index contributed by atoms with van der Waals surface area (Å²) < 4.78 is 35.8. The van der Waals surface area contributed by atoms with Crippen molar-refractivity contribution in [2.45, 2.75) is 19.2 Å². The van der Waals surface area contributed by atoms with Crippen LogP contribution in [0.2, 0.25) is 0 Å². The highest BCUT2D eigenvalue weighted by Crippen LogP contribution is 2.29. The fraction of sp³-hybridized carbons (Fsp3) is 0.269. The van der Waals surface area contributed by atoms with E-state index in [1.807, 2.05) is 42.5 Å². The molecule has 3 aromatic carbocycles. The van der Waals surface area contributed by atoms with Gasteiger partial charge in [-0.2, -0.15) is 0 Å². The van der Waals surface area contributed by atoms with E-state index in [1.54, 1.807) is 22.8 Å². The van der Waals surface area contributed by atoms with Crippen LogP contribution < -0.4 is 15.8 Å². The number of hydrogen-bond donors (Lipinski definition) is 4. The second kappa shape index (κ2) is 9.90. The van der Waals surface area contributed by atoms with Crippen LogP contribution in [0.3, 0.4) is 0 Å². The Bertz CT molecular complexity index is 1540. The number of benzene rings is 3. The van der Waals surface area contributed by atoms with Crippen LogP contribution in [0.15, 0.2) is 60.7 Å². The number of nitrogens with zero attached hydrogens (tertiary/aromatic N) is 1. The van der Waals surface area contributed by atoms with Crippen molar-refractivity contribution in [1.29, 1.82) is 0 Å². The largest absolute Gasteiger partial charge is 0.477 e. The molecule has 5 rings (SSSR count). The number of nitrogens with one attached hydrogen (secondary N) is 2. The van der Waals surface area contributed by atoms with Crippen molar-refractivity contribution in [3.63, 3.8) is 0 Å². The van der Waals surface area contributed by atoms with Gasteiger partial charge in [0.1, 0.15) is 5.69 Å². The molecule has 9 nitrogen and oxygen atoms in total. The quantitative estimate of drug-likeness (QED) is 0.287. The summed E-state index contributed by atoms with van der Waals surface area (Å²) in [5.41, 5.74) is 8.84. The van der Waals surface area contributed by atoms with Crippen LogP contribution in [0.25, 0.3) is 21.7 Å². The second-order valence-corrected chi connectivity index (χ2v) is 10.7. The zero-order chi connectivity index (χ0) is 25.3. The molecule has 10 heteroatoms. The molecule has 1 fully saturated rings. The standard InChI is InChI=1S/C26H28N4O5S/c27-13-17-5-6-19-12-25(26(31)32)30(24(19)9-17)15-20-11-21(10-18-3-1-2-4-23(18)20)29-36(33,34)16-22-14-28-7-8-35-22/h1-6,9-12,22,28-29H,7-8,13-16,27H2,(H,31,32). The third kappa shape index (κ3) is 5.07. The van der Waals surface area contributed by atoms with Crippen LogP contribution in [-0.2, 0) is 27.8 Å². The highest BCUT2D eigenvalue weighted by molar-refractivity contribution is 7.92. The van der Waals surface area contributed by atoms with Crippen molar-refractivity contribution in [2.24, 2.45) is 5.73 Å². The van der Waals surface area contributed by atoms with Gasteiger partial charge in [0.2, 0.25) is 10.0 Å². The fourth-order valence-corrected chi connectivity index (χ4v) is 5.98. The summed E-state index contributed by atoms with van der Waals surface area (Å²) in [5.74, 6) is -1.20. The minimum Gasteiger partial charge on any atom is -0.477 e. The highest BCUT2D eigenvalue weighted by atomic mass is 32.2. The second-order valence-electron chi connectivity index (χ2n) is 8.96. The Hall–Kier alpha value is -3.44. The molecule has 1 atom stereocenters. The molecule has 0 amide bonds. The Labute approximate surface area is 208 Å². The lowest BCUT2D eigenvalue weighted by Gasteiger charge is -2.23. The number of carboxylic acid groups (broad SMARTS) is 1. The van der Waals surface area contributed by atoms with Crippen molar-refractivity contribution in [3.05, 3.63) is 77.5 Å². The molecule has 1 aliphatic rings. The summed E-state index contributed by atoms with van der Waals surface area (Å²) in [7, 11) is -3.68. The molecule has 1 saturated heterocycles. The van der Waals surface area contributed by atoms with Gasteiger partial charge in [-0.25, -0.2) is 13.2 Å². The summed E-state index contributed by atoms with van der Waals surface area (Å²) in [4.78, 5) is 12.1. The highest BCUT2D eigenvalue weighted by Gasteiger charge is 2.23. The third-order valence-electron chi connectivity index (χ3n) is 6.38. The molecular weight excluding hydrogens is 480 g/mol. The Morgan fingerprint density at radius 2 is 1.97 bits per heavy atom.